The number of nitriles is 1. The first kappa shape index (κ1) is 13.6. The van der Waals surface area contributed by atoms with Gasteiger partial charge in [-0.1, -0.05) is 12.1 Å². The Morgan fingerprint density at radius 1 is 1.30 bits per heavy atom. The van der Waals surface area contributed by atoms with Crippen LogP contribution in [0, 0.1) is 17.1 Å². The molecule has 0 saturated heterocycles. The topological polar surface area (TPSA) is 70.3 Å². The number of aromatic carboxylic acids is 1. The summed E-state index contributed by atoms with van der Waals surface area (Å²) >= 11 is 0. The molecule has 20 heavy (non-hydrogen) atoms. The van der Waals surface area contributed by atoms with Gasteiger partial charge in [0.15, 0.2) is 0 Å². The van der Waals surface area contributed by atoms with Crippen molar-refractivity contribution in [1.29, 1.82) is 5.26 Å². The van der Waals surface area contributed by atoms with E-state index in [1.54, 1.807) is 12.1 Å². The molecule has 4 nitrogen and oxygen atoms in total. The summed E-state index contributed by atoms with van der Waals surface area (Å²) in [6.45, 7) is 0.0618. The van der Waals surface area contributed by atoms with Crippen molar-refractivity contribution in [2.45, 2.75) is 6.61 Å². The summed E-state index contributed by atoms with van der Waals surface area (Å²) in [4.78, 5) is 10.8. The van der Waals surface area contributed by atoms with Gasteiger partial charge in [0.2, 0.25) is 0 Å². The molecule has 0 spiro atoms. The fraction of sp³-hybridized carbons (Fsp3) is 0.0667. The third-order valence-corrected chi connectivity index (χ3v) is 2.67. The van der Waals surface area contributed by atoms with E-state index in [2.05, 4.69) is 0 Å². The molecule has 0 fully saturated rings. The molecule has 0 saturated carbocycles. The van der Waals surface area contributed by atoms with Crippen LogP contribution >= 0.6 is 0 Å². The quantitative estimate of drug-likeness (QED) is 0.928. The first-order chi connectivity index (χ1) is 9.60. The molecule has 2 rings (SSSR count). The lowest BCUT2D eigenvalue weighted by atomic mass is 10.1. The summed E-state index contributed by atoms with van der Waals surface area (Å²) in [7, 11) is 0. The van der Waals surface area contributed by atoms with Crippen molar-refractivity contribution in [2.24, 2.45) is 0 Å². The predicted octanol–water partition coefficient (Wildman–Crippen LogP) is 2.97. The highest BCUT2D eigenvalue weighted by Gasteiger charge is 2.07. The highest BCUT2D eigenvalue weighted by molar-refractivity contribution is 5.87. The Bertz CT molecular complexity index is 692. The normalized spacial score (nSPS) is 9.80. The van der Waals surface area contributed by atoms with Crippen LogP contribution in [-0.2, 0) is 6.61 Å². The molecule has 0 radical (unpaired) electrons. The summed E-state index contributed by atoms with van der Waals surface area (Å²) in [5, 5.41) is 17.8. The minimum absolute atomic E-state index is 0.0618. The van der Waals surface area contributed by atoms with E-state index in [0.717, 1.165) is 6.07 Å². The van der Waals surface area contributed by atoms with E-state index in [-0.39, 0.29) is 17.7 Å². The molecule has 0 atom stereocenters. The maximum absolute atomic E-state index is 13.0. The second-order valence-electron chi connectivity index (χ2n) is 4.03. The summed E-state index contributed by atoms with van der Waals surface area (Å²) in [6.07, 6.45) is 0. The van der Waals surface area contributed by atoms with Gasteiger partial charge in [0.05, 0.1) is 17.2 Å². The molecule has 0 heterocycles. The number of carbonyl (C=O) groups is 1. The zero-order chi connectivity index (χ0) is 14.5. The maximum atomic E-state index is 13.0. The van der Waals surface area contributed by atoms with Gasteiger partial charge in [0, 0.05) is 5.56 Å². The Morgan fingerprint density at radius 3 is 2.80 bits per heavy atom. The molecule has 2 aromatic carbocycles. The number of benzene rings is 2. The molecule has 0 bridgehead atoms. The first-order valence-electron chi connectivity index (χ1n) is 5.75. The number of hydrogen-bond acceptors (Lipinski definition) is 3. The molecule has 0 aliphatic rings. The molecule has 0 amide bonds. The van der Waals surface area contributed by atoms with Gasteiger partial charge in [0.1, 0.15) is 18.2 Å². The van der Waals surface area contributed by atoms with Gasteiger partial charge in [-0.05, 0) is 30.3 Å². The van der Waals surface area contributed by atoms with Gasteiger partial charge in [-0.25, -0.2) is 9.18 Å². The van der Waals surface area contributed by atoms with Crippen LogP contribution in [0.25, 0.3) is 0 Å². The van der Waals surface area contributed by atoms with Gasteiger partial charge in [-0.3, -0.25) is 0 Å². The van der Waals surface area contributed by atoms with Gasteiger partial charge in [-0.2, -0.15) is 5.26 Å². The van der Waals surface area contributed by atoms with Crippen molar-refractivity contribution in [3.05, 3.63) is 65.0 Å². The molecule has 0 aromatic heterocycles. The molecule has 0 aliphatic heterocycles. The fourth-order valence-electron chi connectivity index (χ4n) is 1.66. The minimum Gasteiger partial charge on any atom is -0.489 e. The van der Waals surface area contributed by atoms with Crippen LogP contribution in [0.2, 0.25) is 0 Å². The molecule has 0 unspecified atom stereocenters. The average molecular weight is 271 g/mol. The van der Waals surface area contributed by atoms with Crippen molar-refractivity contribution in [3.8, 4) is 11.8 Å². The second kappa shape index (κ2) is 5.85. The summed E-state index contributed by atoms with van der Waals surface area (Å²) < 4.78 is 18.4. The number of nitrogens with zero attached hydrogens (tertiary/aromatic N) is 1. The van der Waals surface area contributed by atoms with E-state index in [1.807, 2.05) is 6.07 Å². The van der Waals surface area contributed by atoms with E-state index < -0.39 is 11.8 Å². The Morgan fingerprint density at radius 2 is 2.10 bits per heavy atom. The highest BCUT2D eigenvalue weighted by Crippen LogP contribution is 2.17. The highest BCUT2D eigenvalue weighted by atomic mass is 19.1. The Hall–Kier alpha value is -2.87. The van der Waals surface area contributed by atoms with Crippen LogP contribution in [0.4, 0.5) is 4.39 Å². The fourth-order valence-corrected chi connectivity index (χ4v) is 1.66. The van der Waals surface area contributed by atoms with Crippen molar-refractivity contribution >= 4 is 5.97 Å². The monoisotopic (exact) mass is 271 g/mol. The van der Waals surface area contributed by atoms with Gasteiger partial charge < -0.3 is 9.84 Å². The Balaban J connectivity index is 2.15. The largest absolute Gasteiger partial charge is 0.489 e. The van der Waals surface area contributed by atoms with Crippen molar-refractivity contribution < 1.29 is 19.0 Å². The number of ether oxygens (including phenoxy) is 1. The molecule has 5 heteroatoms. The van der Waals surface area contributed by atoms with Crippen LogP contribution in [0.5, 0.6) is 5.75 Å². The predicted molar refractivity (Wildman–Crippen MR) is 68.8 cm³/mol. The van der Waals surface area contributed by atoms with Crippen LogP contribution in [0.15, 0.2) is 42.5 Å². The summed E-state index contributed by atoms with van der Waals surface area (Å²) in [5.41, 5.74) is 0.844. The number of hydrogen-bond donors (Lipinski definition) is 1. The van der Waals surface area contributed by atoms with E-state index in [4.69, 9.17) is 15.1 Å². The smallest absolute Gasteiger partial charge is 0.335 e. The maximum Gasteiger partial charge on any atom is 0.335 e. The minimum atomic E-state index is -1.05. The van der Waals surface area contributed by atoms with Crippen molar-refractivity contribution in [2.75, 3.05) is 0 Å². The van der Waals surface area contributed by atoms with Crippen LogP contribution in [0.3, 0.4) is 0 Å². The van der Waals surface area contributed by atoms with Crippen LogP contribution in [0.1, 0.15) is 21.5 Å². The zero-order valence-corrected chi connectivity index (χ0v) is 10.3. The van der Waals surface area contributed by atoms with Crippen LogP contribution in [-0.4, -0.2) is 11.1 Å². The van der Waals surface area contributed by atoms with E-state index in [1.165, 1.54) is 24.3 Å². The Labute approximate surface area is 114 Å². The van der Waals surface area contributed by atoms with Crippen molar-refractivity contribution in [3.63, 3.8) is 0 Å². The SMILES string of the molecule is N#Cc1cc(F)ccc1COc1cccc(C(=O)O)c1. The lowest BCUT2D eigenvalue weighted by Gasteiger charge is -2.08. The molecular weight excluding hydrogens is 261 g/mol. The molecule has 2 aromatic rings. The molecule has 100 valence electrons. The van der Waals surface area contributed by atoms with E-state index in [9.17, 15) is 9.18 Å². The third kappa shape index (κ3) is 3.12. The number of carboxylic acids is 1. The number of carboxylic acid groups (broad SMARTS) is 1. The van der Waals surface area contributed by atoms with Crippen molar-refractivity contribution in [1.82, 2.24) is 0 Å². The lowest BCUT2D eigenvalue weighted by Crippen LogP contribution is -2.01. The van der Waals surface area contributed by atoms with Gasteiger partial charge in [-0.15, -0.1) is 0 Å². The first-order valence-corrected chi connectivity index (χ1v) is 5.75. The third-order valence-electron chi connectivity index (χ3n) is 2.67. The number of rotatable bonds is 4. The van der Waals surface area contributed by atoms with E-state index >= 15 is 0 Å². The number of halogens is 1. The summed E-state index contributed by atoms with van der Waals surface area (Å²) in [6, 6.07) is 11.7. The second-order valence-corrected chi connectivity index (χ2v) is 4.03. The van der Waals surface area contributed by atoms with Crippen LogP contribution < -0.4 is 4.74 Å². The van der Waals surface area contributed by atoms with Gasteiger partial charge in [0.25, 0.3) is 0 Å². The van der Waals surface area contributed by atoms with Gasteiger partial charge >= 0.3 is 5.97 Å². The zero-order valence-electron chi connectivity index (χ0n) is 10.3. The Kier molecular flexibility index (Phi) is 3.96. The lowest BCUT2D eigenvalue weighted by molar-refractivity contribution is 0.0696. The summed E-state index contributed by atoms with van der Waals surface area (Å²) in [5.74, 6) is -1.16. The average Bonchev–Trinajstić information content (AvgIpc) is 2.46. The molecular formula is C15H10FNO3. The standard InChI is InChI=1S/C15H10FNO3/c16-13-5-4-11(12(6-13)8-17)9-20-14-3-1-2-10(7-14)15(18)19/h1-7H,9H2,(H,18,19). The van der Waals surface area contributed by atoms with E-state index in [0.29, 0.717) is 11.3 Å². The molecule has 1 N–H and O–H groups in total. The molecule has 0 aliphatic carbocycles.